The Balaban J connectivity index is 1.65. The van der Waals surface area contributed by atoms with E-state index in [9.17, 15) is 0 Å². The first-order chi connectivity index (χ1) is 7.88. The number of hydrogen-bond donors (Lipinski definition) is 1. The summed E-state index contributed by atoms with van der Waals surface area (Å²) in [5.74, 6) is 0. The van der Waals surface area contributed by atoms with Crippen molar-refractivity contribution in [3.63, 3.8) is 0 Å². The summed E-state index contributed by atoms with van der Waals surface area (Å²) in [5, 5.41) is 5.70. The average Bonchev–Trinajstić information content (AvgIpc) is 2.82. The van der Waals surface area contributed by atoms with Crippen LogP contribution < -0.4 is 5.32 Å². The van der Waals surface area contributed by atoms with Crippen LogP contribution >= 0.6 is 11.3 Å². The monoisotopic (exact) mass is 239 g/mol. The quantitative estimate of drug-likeness (QED) is 0.848. The van der Waals surface area contributed by atoms with E-state index in [2.05, 4.69) is 27.5 Å². The molecule has 1 aliphatic rings. The van der Waals surface area contributed by atoms with Gasteiger partial charge in [0.1, 0.15) is 0 Å². The van der Waals surface area contributed by atoms with Crippen LogP contribution in [0.1, 0.15) is 25.5 Å². The molecule has 2 heterocycles. The van der Waals surface area contributed by atoms with Gasteiger partial charge in [0, 0.05) is 24.4 Å². The lowest BCUT2D eigenvalue weighted by Crippen LogP contribution is -2.43. The first-order valence-corrected chi connectivity index (χ1v) is 7.15. The molecule has 0 spiro atoms. The second-order valence-corrected chi connectivity index (χ2v) is 5.12. The lowest BCUT2D eigenvalue weighted by molar-refractivity contribution is 0.200. The molecular formula is C12H21N3S. The second kappa shape index (κ2) is 6.33. The molecule has 0 atom stereocenters. The van der Waals surface area contributed by atoms with Gasteiger partial charge in [0.25, 0.3) is 0 Å². The highest BCUT2D eigenvalue weighted by Gasteiger charge is 2.17. The minimum absolute atomic E-state index is 0.750. The fourth-order valence-corrected chi connectivity index (χ4v) is 2.88. The summed E-state index contributed by atoms with van der Waals surface area (Å²) >= 11 is 1.69. The molecule has 90 valence electrons. The van der Waals surface area contributed by atoms with E-state index in [-0.39, 0.29) is 0 Å². The molecule has 0 aliphatic carbocycles. The van der Waals surface area contributed by atoms with Crippen molar-refractivity contribution in [2.24, 2.45) is 0 Å². The van der Waals surface area contributed by atoms with Gasteiger partial charge in [-0.25, -0.2) is 4.98 Å². The minimum Gasteiger partial charge on any atom is -0.314 e. The number of aromatic nitrogens is 1. The maximum absolute atomic E-state index is 4.32. The van der Waals surface area contributed by atoms with Gasteiger partial charge in [0.05, 0.1) is 11.2 Å². The smallest absolute Gasteiger partial charge is 0.0794 e. The Bertz CT molecular complexity index is 278. The lowest BCUT2D eigenvalue weighted by Gasteiger charge is -2.32. The standard InChI is InChI=1S/C12H21N3S/c1-2-13-11-3-6-15(7-4-11)8-5-12-9-16-10-14-12/h9-11,13H,2-8H2,1H3. The largest absolute Gasteiger partial charge is 0.314 e. The molecule has 1 saturated heterocycles. The van der Waals surface area contributed by atoms with Gasteiger partial charge in [-0.3, -0.25) is 0 Å². The van der Waals surface area contributed by atoms with Gasteiger partial charge in [0.2, 0.25) is 0 Å². The van der Waals surface area contributed by atoms with E-state index < -0.39 is 0 Å². The number of nitrogens with zero attached hydrogens (tertiary/aromatic N) is 2. The Hall–Kier alpha value is -0.450. The zero-order chi connectivity index (χ0) is 11.2. The van der Waals surface area contributed by atoms with E-state index in [0.717, 1.165) is 19.0 Å². The van der Waals surface area contributed by atoms with Crippen LogP contribution in [0, 0.1) is 0 Å². The molecule has 0 aromatic carbocycles. The van der Waals surface area contributed by atoms with Crippen molar-refractivity contribution >= 4 is 11.3 Å². The molecule has 3 nitrogen and oxygen atoms in total. The Morgan fingerprint density at radius 1 is 1.50 bits per heavy atom. The molecule has 1 N–H and O–H groups in total. The zero-order valence-corrected chi connectivity index (χ0v) is 10.8. The van der Waals surface area contributed by atoms with Crippen LogP contribution in [-0.2, 0) is 6.42 Å². The van der Waals surface area contributed by atoms with Crippen LogP contribution in [0.15, 0.2) is 10.9 Å². The number of piperidine rings is 1. The summed E-state index contributed by atoms with van der Waals surface area (Å²) in [7, 11) is 0. The molecular weight excluding hydrogens is 218 g/mol. The number of thiazole rings is 1. The zero-order valence-electron chi connectivity index (χ0n) is 9.98. The fourth-order valence-electron chi connectivity index (χ4n) is 2.28. The van der Waals surface area contributed by atoms with E-state index in [4.69, 9.17) is 0 Å². The summed E-state index contributed by atoms with van der Waals surface area (Å²) in [4.78, 5) is 6.89. The van der Waals surface area contributed by atoms with E-state index >= 15 is 0 Å². The van der Waals surface area contributed by atoms with Crippen LogP contribution in [0.25, 0.3) is 0 Å². The molecule has 1 aromatic rings. The molecule has 4 heteroatoms. The van der Waals surface area contributed by atoms with Gasteiger partial charge in [-0.1, -0.05) is 6.92 Å². The van der Waals surface area contributed by atoms with Gasteiger partial charge in [-0.05, 0) is 32.5 Å². The number of nitrogens with one attached hydrogen (secondary N) is 1. The lowest BCUT2D eigenvalue weighted by atomic mass is 10.0. The Morgan fingerprint density at radius 3 is 2.94 bits per heavy atom. The first-order valence-electron chi connectivity index (χ1n) is 6.21. The van der Waals surface area contributed by atoms with Crippen LogP contribution in [-0.4, -0.2) is 42.1 Å². The highest BCUT2D eigenvalue weighted by molar-refractivity contribution is 7.07. The fraction of sp³-hybridized carbons (Fsp3) is 0.750. The van der Waals surface area contributed by atoms with Gasteiger partial charge in [0.15, 0.2) is 0 Å². The van der Waals surface area contributed by atoms with E-state index in [1.807, 2.05) is 5.51 Å². The maximum Gasteiger partial charge on any atom is 0.0794 e. The Morgan fingerprint density at radius 2 is 2.31 bits per heavy atom. The molecule has 0 saturated carbocycles. The van der Waals surface area contributed by atoms with Crippen molar-refractivity contribution in [3.05, 3.63) is 16.6 Å². The molecule has 0 radical (unpaired) electrons. The predicted molar refractivity (Wildman–Crippen MR) is 69.0 cm³/mol. The number of rotatable bonds is 5. The van der Waals surface area contributed by atoms with Gasteiger partial charge in [-0.15, -0.1) is 11.3 Å². The topological polar surface area (TPSA) is 28.2 Å². The SMILES string of the molecule is CCNC1CCN(CCc2cscn2)CC1. The van der Waals surface area contributed by atoms with Crippen LogP contribution in [0.5, 0.6) is 0 Å². The van der Waals surface area contributed by atoms with Crippen molar-refractivity contribution in [2.45, 2.75) is 32.2 Å². The highest BCUT2D eigenvalue weighted by Crippen LogP contribution is 2.11. The van der Waals surface area contributed by atoms with E-state index in [0.29, 0.717) is 0 Å². The Kier molecular flexibility index (Phi) is 4.75. The van der Waals surface area contributed by atoms with Gasteiger partial charge in [-0.2, -0.15) is 0 Å². The van der Waals surface area contributed by atoms with E-state index in [1.165, 1.54) is 38.2 Å². The highest BCUT2D eigenvalue weighted by atomic mass is 32.1. The Labute approximate surface area is 102 Å². The van der Waals surface area contributed by atoms with Crippen molar-refractivity contribution in [1.29, 1.82) is 0 Å². The minimum atomic E-state index is 0.750. The van der Waals surface area contributed by atoms with E-state index in [1.54, 1.807) is 11.3 Å². The molecule has 1 aliphatic heterocycles. The maximum atomic E-state index is 4.32. The predicted octanol–water partition coefficient (Wildman–Crippen LogP) is 1.76. The first kappa shape index (κ1) is 12.0. The molecule has 0 amide bonds. The van der Waals surface area contributed by atoms with Gasteiger partial charge < -0.3 is 10.2 Å². The van der Waals surface area contributed by atoms with Crippen molar-refractivity contribution in [2.75, 3.05) is 26.2 Å². The van der Waals surface area contributed by atoms with Crippen molar-refractivity contribution in [3.8, 4) is 0 Å². The average molecular weight is 239 g/mol. The van der Waals surface area contributed by atoms with Crippen LogP contribution in [0.3, 0.4) is 0 Å². The molecule has 16 heavy (non-hydrogen) atoms. The van der Waals surface area contributed by atoms with Crippen molar-refractivity contribution in [1.82, 2.24) is 15.2 Å². The number of likely N-dealkylation sites (tertiary alicyclic amines) is 1. The third-order valence-electron chi connectivity index (χ3n) is 3.25. The van der Waals surface area contributed by atoms with Crippen molar-refractivity contribution < 1.29 is 0 Å². The van der Waals surface area contributed by atoms with Crippen LogP contribution in [0.4, 0.5) is 0 Å². The molecule has 1 fully saturated rings. The number of hydrogen-bond acceptors (Lipinski definition) is 4. The molecule has 2 rings (SSSR count). The second-order valence-electron chi connectivity index (χ2n) is 4.40. The van der Waals surface area contributed by atoms with Gasteiger partial charge >= 0.3 is 0 Å². The summed E-state index contributed by atoms with van der Waals surface area (Å²) in [6, 6.07) is 0.750. The molecule has 1 aromatic heterocycles. The van der Waals surface area contributed by atoms with Crippen LogP contribution in [0.2, 0.25) is 0 Å². The third-order valence-corrected chi connectivity index (χ3v) is 3.88. The summed E-state index contributed by atoms with van der Waals surface area (Å²) < 4.78 is 0. The summed E-state index contributed by atoms with van der Waals surface area (Å²) in [6.07, 6.45) is 3.70. The molecule has 0 bridgehead atoms. The summed E-state index contributed by atoms with van der Waals surface area (Å²) in [5.41, 5.74) is 3.17. The third kappa shape index (κ3) is 3.54. The summed E-state index contributed by atoms with van der Waals surface area (Å²) in [6.45, 7) is 6.93. The normalized spacial score (nSPS) is 19.1. The molecule has 0 unspecified atom stereocenters.